The maximum atomic E-state index is 13.9. The summed E-state index contributed by atoms with van der Waals surface area (Å²) in [5.41, 5.74) is 1.91. The molecule has 2 heterocycles. The van der Waals surface area contributed by atoms with Crippen LogP contribution in [0.25, 0.3) is 6.08 Å². The summed E-state index contributed by atoms with van der Waals surface area (Å²) in [6.07, 6.45) is 1.79. The first-order chi connectivity index (χ1) is 18.3. The van der Waals surface area contributed by atoms with Gasteiger partial charge in [0.15, 0.2) is 16.3 Å². The summed E-state index contributed by atoms with van der Waals surface area (Å²) in [4.78, 5) is 32.3. The van der Waals surface area contributed by atoms with Crippen molar-refractivity contribution in [2.45, 2.75) is 33.7 Å². The predicted octanol–water partition coefficient (Wildman–Crippen LogP) is 4.37. The first-order valence-corrected chi connectivity index (χ1v) is 13.9. The summed E-state index contributed by atoms with van der Waals surface area (Å²) < 4.78 is 25.1. The topological polar surface area (TPSA) is 88.4 Å². The third-order valence-corrected chi connectivity index (χ3v) is 7.57. The Labute approximate surface area is 233 Å². The Bertz CT molecular complexity index is 1570. The molecule has 8 nitrogen and oxygen atoms in total. The van der Waals surface area contributed by atoms with E-state index in [1.54, 1.807) is 43.7 Å². The maximum Gasteiger partial charge on any atom is 0.338 e. The van der Waals surface area contributed by atoms with Gasteiger partial charge in [-0.3, -0.25) is 9.36 Å². The summed E-state index contributed by atoms with van der Waals surface area (Å²) in [7, 11) is 1.55. The van der Waals surface area contributed by atoms with Gasteiger partial charge in [-0.25, -0.2) is 9.79 Å². The van der Waals surface area contributed by atoms with Gasteiger partial charge in [0.1, 0.15) is 5.75 Å². The number of thiazole rings is 1. The fourth-order valence-corrected chi connectivity index (χ4v) is 5.88. The Morgan fingerprint density at radius 3 is 2.47 bits per heavy atom. The number of carbonyl (C=O) groups is 1. The minimum Gasteiger partial charge on any atom is -0.493 e. The molecule has 0 fully saturated rings. The molecule has 38 heavy (non-hydrogen) atoms. The molecule has 0 N–H and O–H groups in total. The van der Waals surface area contributed by atoms with E-state index < -0.39 is 12.0 Å². The van der Waals surface area contributed by atoms with Crippen molar-refractivity contribution in [1.82, 2.24) is 4.57 Å². The second kappa shape index (κ2) is 12.0. The lowest BCUT2D eigenvalue weighted by Gasteiger charge is -2.26. The lowest BCUT2D eigenvalue weighted by atomic mass is 9.95. The van der Waals surface area contributed by atoms with Crippen molar-refractivity contribution < 1.29 is 23.7 Å². The number of hydrogen-bond donors (Lipinski definition) is 0. The molecule has 3 aromatic rings. The third-order valence-electron chi connectivity index (χ3n) is 5.90. The number of fused-ring (bicyclic) bond motifs is 1. The SMILES string of the molecule is CCOC(=O)C1=C(C)N=c2s/c(=C/c3ccccc3OCC)c(=O)n2[C@@H]1c1cc(OC)c(OCC)cc1Br. The van der Waals surface area contributed by atoms with Gasteiger partial charge < -0.3 is 18.9 Å². The Kier molecular flexibility index (Phi) is 8.73. The molecule has 0 saturated carbocycles. The monoisotopic (exact) mass is 600 g/mol. The molecule has 0 aliphatic carbocycles. The van der Waals surface area contributed by atoms with Crippen molar-refractivity contribution in [2.24, 2.45) is 4.99 Å². The molecule has 0 saturated heterocycles. The minimum absolute atomic E-state index is 0.189. The number of aromatic nitrogens is 1. The number of carbonyl (C=O) groups excluding carboxylic acids is 1. The number of para-hydroxylation sites is 1. The quantitative estimate of drug-likeness (QED) is 0.339. The van der Waals surface area contributed by atoms with Crippen LogP contribution < -0.4 is 29.1 Å². The van der Waals surface area contributed by atoms with E-state index >= 15 is 0 Å². The highest BCUT2D eigenvalue weighted by atomic mass is 79.9. The Hall–Kier alpha value is -3.37. The van der Waals surface area contributed by atoms with Crippen molar-refractivity contribution in [1.29, 1.82) is 0 Å². The summed E-state index contributed by atoms with van der Waals surface area (Å²) in [6.45, 7) is 8.43. The number of hydrogen-bond acceptors (Lipinski definition) is 8. The molecule has 1 aromatic heterocycles. The zero-order valence-electron chi connectivity index (χ0n) is 21.9. The van der Waals surface area contributed by atoms with Crippen molar-refractivity contribution >= 4 is 39.3 Å². The van der Waals surface area contributed by atoms with E-state index in [1.807, 2.05) is 38.1 Å². The van der Waals surface area contributed by atoms with Crippen molar-refractivity contribution in [2.75, 3.05) is 26.9 Å². The van der Waals surface area contributed by atoms with Crippen molar-refractivity contribution in [3.05, 3.63) is 83.0 Å². The number of nitrogens with zero attached hydrogens (tertiary/aromatic N) is 2. The van der Waals surface area contributed by atoms with E-state index in [4.69, 9.17) is 18.9 Å². The second-order valence-corrected chi connectivity index (χ2v) is 10.1. The molecule has 1 aliphatic rings. The molecule has 1 atom stereocenters. The van der Waals surface area contributed by atoms with E-state index in [0.717, 1.165) is 5.56 Å². The van der Waals surface area contributed by atoms with Gasteiger partial charge >= 0.3 is 5.97 Å². The van der Waals surface area contributed by atoms with Crippen LogP contribution in [-0.4, -0.2) is 37.5 Å². The van der Waals surface area contributed by atoms with Crippen LogP contribution in [-0.2, 0) is 9.53 Å². The zero-order chi connectivity index (χ0) is 27.4. The molecule has 200 valence electrons. The van der Waals surface area contributed by atoms with Gasteiger partial charge in [-0.2, -0.15) is 0 Å². The molecule has 10 heteroatoms. The fourth-order valence-electron chi connectivity index (χ4n) is 4.30. The second-order valence-electron chi connectivity index (χ2n) is 8.23. The first-order valence-electron chi connectivity index (χ1n) is 12.3. The predicted molar refractivity (Wildman–Crippen MR) is 150 cm³/mol. The third kappa shape index (κ3) is 5.28. The molecule has 0 spiro atoms. The van der Waals surface area contributed by atoms with E-state index in [0.29, 0.717) is 55.5 Å². The van der Waals surface area contributed by atoms with Crippen LogP contribution in [0.4, 0.5) is 0 Å². The lowest BCUT2D eigenvalue weighted by molar-refractivity contribution is -0.139. The zero-order valence-corrected chi connectivity index (χ0v) is 24.3. The molecule has 4 rings (SSSR count). The number of benzene rings is 2. The first kappa shape index (κ1) is 27.7. The Morgan fingerprint density at radius 1 is 1.08 bits per heavy atom. The highest BCUT2D eigenvalue weighted by molar-refractivity contribution is 9.10. The number of ether oxygens (including phenoxy) is 4. The van der Waals surface area contributed by atoms with Crippen LogP contribution >= 0.6 is 27.3 Å². The maximum absolute atomic E-state index is 13.9. The highest BCUT2D eigenvalue weighted by Crippen LogP contribution is 2.41. The summed E-state index contributed by atoms with van der Waals surface area (Å²) in [5, 5.41) is 0. The normalized spacial score (nSPS) is 15.1. The van der Waals surface area contributed by atoms with E-state index in [9.17, 15) is 9.59 Å². The molecule has 0 unspecified atom stereocenters. The van der Waals surface area contributed by atoms with Crippen LogP contribution in [0.1, 0.15) is 44.9 Å². The van der Waals surface area contributed by atoms with E-state index in [2.05, 4.69) is 20.9 Å². The van der Waals surface area contributed by atoms with Crippen LogP contribution in [0.2, 0.25) is 0 Å². The van der Waals surface area contributed by atoms with Crippen molar-refractivity contribution in [3.8, 4) is 17.2 Å². The van der Waals surface area contributed by atoms with Gasteiger partial charge in [-0.15, -0.1) is 0 Å². The number of esters is 1. The molecular weight excluding hydrogens is 572 g/mol. The van der Waals surface area contributed by atoms with Gasteiger partial charge in [0, 0.05) is 10.0 Å². The summed E-state index contributed by atoms with van der Waals surface area (Å²) in [6, 6.07) is 10.3. The van der Waals surface area contributed by atoms with Crippen molar-refractivity contribution in [3.63, 3.8) is 0 Å². The minimum atomic E-state index is -0.798. The standard InChI is InChI=1S/C28H29BrN2O6S/c1-6-35-20-12-10-9-11-17(20)13-23-26(32)31-25(18-14-21(34-5)22(36-7-2)15-19(18)29)24(27(33)37-8-3)16(4)30-28(31)38-23/h9-15,25H,6-8H2,1-5H3/b23-13+/t25-/m1/s1. The number of allylic oxidation sites excluding steroid dienone is 1. The Balaban J connectivity index is 2.00. The summed E-state index contributed by atoms with van der Waals surface area (Å²) in [5.74, 6) is 1.17. The smallest absolute Gasteiger partial charge is 0.338 e. The molecular formula is C28H29BrN2O6S. The highest BCUT2D eigenvalue weighted by Gasteiger charge is 2.35. The van der Waals surface area contributed by atoms with Gasteiger partial charge in [-0.05, 0) is 57.5 Å². The van der Waals surface area contributed by atoms with Gasteiger partial charge in [0.25, 0.3) is 5.56 Å². The van der Waals surface area contributed by atoms with Gasteiger partial charge in [0.05, 0.1) is 48.8 Å². The largest absolute Gasteiger partial charge is 0.493 e. The van der Waals surface area contributed by atoms with E-state index in [1.165, 1.54) is 11.3 Å². The number of halogens is 1. The number of methoxy groups -OCH3 is 1. The van der Waals surface area contributed by atoms with Gasteiger partial charge in [-0.1, -0.05) is 45.5 Å². The average Bonchev–Trinajstić information content (AvgIpc) is 3.19. The average molecular weight is 602 g/mol. The van der Waals surface area contributed by atoms with Crippen LogP contribution in [0.5, 0.6) is 17.2 Å². The van der Waals surface area contributed by atoms with Gasteiger partial charge in [0.2, 0.25) is 0 Å². The molecule has 0 amide bonds. The van der Waals surface area contributed by atoms with Crippen LogP contribution in [0, 0.1) is 0 Å². The summed E-state index contributed by atoms with van der Waals surface area (Å²) >= 11 is 4.89. The molecule has 2 aromatic carbocycles. The van der Waals surface area contributed by atoms with E-state index in [-0.39, 0.29) is 17.7 Å². The lowest BCUT2D eigenvalue weighted by Crippen LogP contribution is -2.40. The molecule has 1 aliphatic heterocycles. The fraction of sp³-hybridized carbons (Fsp3) is 0.321. The molecule has 0 radical (unpaired) electrons. The molecule has 0 bridgehead atoms. The number of rotatable bonds is 9. The Morgan fingerprint density at radius 2 is 1.79 bits per heavy atom. The van der Waals surface area contributed by atoms with Crippen LogP contribution in [0.15, 0.2) is 61.9 Å². The van der Waals surface area contributed by atoms with Crippen LogP contribution in [0.3, 0.4) is 0 Å².